The molecule has 1 rings (SSSR count). The maximum atomic E-state index is 10.7. The fraction of sp³-hybridized carbons (Fsp3) is 0.143. The summed E-state index contributed by atoms with van der Waals surface area (Å²) >= 11 is 5.55. The molecule has 0 radical (unpaired) electrons. The summed E-state index contributed by atoms with van der Waals surface area (Å²) in [6.45, 7) is 0. The van der Waals surface area contributed by atoms with Crippen LogP contribution in [0.2, 0.25) is 5.28 Å². The number of anilines is 1. The van der Waals surface area contributed by atoms with Gasteiger partial charge in [0.05, 0.1) is 13.3 Å². The first kappa shape index (κ1) is 12.8. The SMILES string of the molecule is COc1cnc(Cl)nc1NN(/C=N/O)C(=O)O. The smallest absolute Gasteiger partial charge is 0.432 e. The number of hydrazine groups is 1. The normalized spacial score (nSPS) is 10.2. The minimum Gasteiger partial charge on any atom is -0.491 e. The third kappa shape index (κ3) is 3.34. The van der Waals surface area contributed by atoms with Crippen molar-refractivity contribution in [3.8, 4) is 5.75 Å². The minimum atomic E-state index is -1.42. The molecule has 0 saturated carbocycles. The van der Waals surface area contributed by atoms with Gasteiger partial charge in [0.1, 0.15) is 0 Å². The van der Waals surface area contributed by atoms with Gasteiger partial charge in [-0.3, -0.25) is 5.43 Å². The summed E-state index contributed by atoms with van der Waals surface area (Å²) in [6.07, 6.45) is 0.463. The van der Waals surface area contributed by atoms with E-state index >= 15 is 0 Å². The van der Waals surface area contributed by atoms with Crippen molar-refractivity contribution in [3.05, 3.63) is 11.5 Å². The van der Waals surface area contributed by atoms with Gasteiger partial charge in [0.2, 0.25) is 5.28 Å². The molecule has 0 aliphatic rings. The molecule has 0 saturated heterocycles. The monoisotopic (exact) mass is 261 g/mol. The quantitative estimate of drug-likeness (QED) is 0.242. The number of nitrogens with zero attached hydrogens (tertiary/aromatic N) is 4. The topological polar surface area (TPSA) is 120 Å². The molecule has 0 bridgehead atoms. The number of methoxy groups -OCH3 is 1. The van der Waals surface area contributed by atoms with Crippen LogP contribution in [0.15, 0.2) is 11.4 Å². The number of hydrogen-bond donors (Lipinski definition) is 3. The van der Waals surface area contributed by atoms with E-state index in [1.54, 1.807) is 0 Å². The zero-order chi connectivity index (χ0) is 12.8. The Morgan fingerprint density at radius 3 is 3.00 bits per heavy atom. The molecular weight excluding hydrogens is 254 g/mol. The Hall–Kier alpha value is -2.29. The lowest BCUT2D eigenvalue weighted by atomic mass is 10.5. The van der Waals surface area contributed by atoms with Gasteiger partial charge in [0.15, 0.2) is 17.9 Å². The van der Waals surface area contributed by atoms with E-state index in [0.29, 0.717) is 11.3 Å². The van der Waals surface area contributed by atoms with Gasteiger partial charge in [-0.1, -0.05) is 5.16 Å². The summed E-state index contributed by atoms with van der Waals surface area (Å²) in [5, 5.41) is 20.0. The Balaban J connectivity index is 2.99. The highest BCUT2D eigenvalue weighted by Crippen LogP contribution is 2.21. The third-order valence-corrected chi connectivity index (χ3v) is 1.73. The van der Waals surface area contributed by atoms with E-state index in [-0.39, 0.29) is 16.9 Å². The van der Waals surface area contributed by atoms with E-state index in [1.165, 1.54) is 13.3 Å². The van der Waals surface area contributed by atoms with Crippen LogP contribution >= 0.6 is 11.6 Å². The molecule has 0 aromatic carbocycles. The second kappa shape index (κ2) is 5.70. The van der Waals surface area contributed by atoms with E-state index in [0.717, 1.165) is 0 Å². The first-order chi connectivity index (χ1) is 8.08. The lowest BCUT2D eigenvalue weighted by molar-refractivity contribution is 0.174. The Kier molecular flexibility index (Phi) is 4.29. The first-order valence-electron chi connectivity index (χ1n) is 4.11. The van der Waals surface area contributed by atoms with Crippen LogP contribution < -0.4 is 10.2 Å². The van der Waals surface area contributed by atoms with Crippen molar-refractivity contribution in [1.82, 2.24) is 15.0 Å². The molecular formula is C7H8ClN5O4. The zero-order valence-electron chi connectivity index (χ0n) is 8.53. The summed E-state index contributed by atoms with van der Waals surface area (Å²) in [6, 6.07) is 0. The molecule has 0 fully saturated rings. The number of halogens is 1. The molecule has 3 N–H and O–H groups in total. The number of hydrogen-bond acceptors (Lipinski definition) is 7. The number of oxime groups is 1. The lowest BCUT2D eigenvalue weighted by Gasteiger charge is -2.16. The number of amides is 1. The highest BCUT2D eigenvalue weighted by Gasteiger charge is 2.14. The number of aromatic nitrogens is 2. The number of rotatable bonds is 4. The van der Waals surface area contributed by atoms with E-state index in [2.05, 4.69) is 20.5 Å². The molecule has 0 aliphatic carbocycles. The second-order valence-electron chi connectivity index (χ2n) is 2.55. The number of carbonyl (C=O) groups is 1. The third-order valence-electron chi connectivity index (χ3n) is 1.55. The van der Waals surface area contributed by atoms with Crippen molar-refractivity contribution in [3.63, 3.8) is 0 Å². The molecule has 17 heavy (non-hydrogen) atoms. The Labute approximate surface area is 100 Å². The van der Waals surface area contributed by atoms with E-state index in [1.807, 2.05) is 0 Å². The van der Waals surface area contributed by atoms with Gasteiger partial charge >= 0.3 is 6.09 Å². The van der Waals surface area contributed by atoms with Crippen molar-refractivity contribution in [1.29, 1.82) is 0 Å². The van der Waals surface area contributed by atoms with Crippen LogP contribution in [-0.4, -0.2) is 44.8 Å². The molecule has 1 aromatic heterocycles. The second-order valence-corrected chi connectivity index (χ2v) is 2.89. The maximum Gasteiger partial charge on any atom is 0.432 e. The van der Waals surface area contributed by atoms with Crippen molar-refractivity contribution >= 4 is 29.9 Å². The van der Waals surface area contributed by atoms with Crippen LogP contribution in [0.1, 0.15) is 0 Å². The summed E-state index contributed by atoms with van der Waals surface area (Å²) in [4.78, 5) is 18.1. The van der Waals surface area contributed by atoms with Crippen LogP contribution in [0.25, 0.3) is 0 Å². The molecule has 0 aliphatic heterocycles. The number of ether oxygens (including phenoxy) is 1. The van der Waals surface area contributed by atoms with Crippen molar-refractivity contribution in [2.75, 3.05) is 12.5 Å². The number of carboxylic acid groups (broad SMARTS) is 1. The van der Waals surface area contributed by atoms with Gasteiger partial charge in [-0.15, -0.1) is 0 Å². The summed E-state index contributed by atoms with van der Waals surface area (Å²) < 4.78 is 4.89. The van der Waals surface area contributed by atoms with Crippen LogP contribution in [0.3, 0.4) is 0 Å². The van der Waals surface area contributed by atoms with Gasteiger partial charge < -0.3 is 15.1 Å². The summed E-state index contributed by atoms with van der Waals surface area (Å²) in [5.74, 6) is 0.182. The molecule has 1 heterocycles. The molecule has 9 nitrogen and oxygen atoms in total. The highest BCUT2D eigenvalue weighted by atomic mass is 35.5. The van der Waals surface area contributed by atoms with Gasteiger partial charge in [-0.2, -0.15) is 9.99 Å². The molecule has 1 amide bonds. The summed E-state index contributed by atoms with van der Waals surface area (Å²) in [7, 11) is 1.35. The molecule has 0 spiro atoms. The Bertz CT molecular complexity index is 440. The van der Waals surface area contributed by atoms with Crippen molar-refractivity contribution in [2.24, 2.45) is 5.16 Å². The zero-order valence-corrected chi connectivity index (χ0v) is 9.29. The molecule has 92 valence electrons. The Morgan fingerprint density at radius 2 is 2.47 bits per heavy atom. The van der Waals surface area contributed by atoms with E-state index in [4.69, 9.17) is 26.7 Å². The average Bonchev–Trinajstić information content (AvgIpc) is 2.28. The van der Waals surface area contributed by atoms with E-state index in [9.17, 15) is 4.79 Å². The van der Waals surface area contributed by atoms with Crippen LogP contribution in [0.4, 0.5) is 10.6 Å². The van der Waals surface area contributed by atoms with Crippen LogP contribution in [0.5, 0.6) is 5.75 Å². The van der Waals surface area contributed by atoms with Gasteiger partial charge in [0, 0.05) is 0 Å². The van der Waals surface area contributed by atoms with Crippen LogP contribution in [-0.2, 0) is 0 Å². The fourth-order valence-electron chi connectivity index (χ4n) is 0.871. The van der Waals surface area contributed by atoms with Gasteiger partial charge in [-0.05, 0) is 11.6 Å². The van der Waals surface area contributed by atoms with Crippen molar-refractivity contribution < 1.29 is 19.8 Å². The predicted octanol–water partition coefficient (Wildman–Crippen LogP) is 0.863. The molecule has 10 heteroatoms. The largest absolute Gasteiger partial charge is 0.491 e. The first-order valence-corrected chi connectivity index (χ1v) is 4.49. The highest BCUT2D eigenvalue weighted by molar-refractivity contribution is 6.28. The minimum absolute atomic E-state index is 0.00907. The van der Waals surface area contributed by atoms with Crippen molar-refractivity contribution in [2.45, 2.75) is 0 Å². The Morgan fingerprint density at radius 1 is 1.76 bits per heavy atom. The van der Waals surface area contributed by atoms with Gasteiger partial charge in [-0.25, -0.2) is 9.78 Å². The molecule has 0 atom stereocenters. The number of nitrogens with one attached hydrogen (secondary N) is 1. The fourth-order valence-corrected chi connectivity index (χ4v) is 1.00. The molecule has 1 aromatic rings. The lowest BCUT2D eigenvalue weighted by Crippen LogP contribution is -2.34. The van der Waals surface area contributed by atoms with Gasteiger partial charge in [0.25, 0.3) is 0 Å². The predicted molar refractivity (Wildman–Crippen MR) is 57.4 cm³/mol. The standard InChI is InChI=1S/C7H8ClN5O4/c1-17-4-2-9-6(8)11-5(4)12-13(3-10-16)7(14)15/h2-3,16H,1H3,(H,14,15)(H,9,11,12)/b10-3+. The van der Waals surface area contributed by atoms with E-state index < -0.39 is 6.09 Å². The summed E-state index contributed by atoms with van der Waals surface area (Å²) in [5.41, 5.74) is 2.30. The maximum absolute atomic E-state index is 10.7. The average molecular weight is 262 g/mol. The van der Waals surface area contributed by atoms with Crippen LogP contribution in [0, 0.1) is 0 Å². The molecule has 0 unspecified atom stereocenters.